The number of piperazine rings is 1. The van der Waals surface area contributed by atoms with Crippen LogP contribution < -0.4 is 4.90 Å². The van der Waals surface area contributed by atoms with Gasteiger partial charge in [-0.1, -0.05) is 17.7 Å². The van der Waals surface area contributed by atoms with Crippen molar-refractivity contribution < 1.29 is 12.8 Å². The highest BCUT2D eigenvalue weighted by Crippen LogP contribution is 2.27. The molecule has 0 radical (unpaired) electrons. The fourth-order valence-electron chi connectivity index (χ4n) is 3.21. The van der Waals surface area contributed by atoms with E-state index in [1.165, 1.54) is 4.31 Å². The molecule has 2 aromatic heterocycles. The van der Waals surface area contributed by atoms with Crippen LogP contribution in [0.2, 0.25) is 5.02 Å². The van der Waals surface area contributed by atoms with Gasteiger partial charge in [-0.15, -0.1) is 10.2 Å². The van der Waals surface area contributed by atoms with E-state index in [0.29, 0.717) is 54.0 Å². The number of furan rings is 1. The molecule has 0 bridgehead atoms. The molecule has 0 atom stereocenters. The third kappa shape index (κ3) is 3.50. The monoisotopic (exact) mass is 418 g/mol. The molecule has 0 amide bonds. The van der Waals surface area contributed by atoms with Gasteiger partial charge < -0.3 is 9.32 Å². The van der Waals surface area contributed by atoms with Gasteiger partial charge in [-0.3, -0.25) is 0 Å². The third-order valence-corrected chi connectivity index (χ3v) is 7.28. The number of sulfonamides is 1. The number of rotatable bonds is 4. The van der Waals surface area contributed by atoms with Crippen molar-refractivity contribution in [3.63, 3.8) is 0 Å². The maximum Gasteiger partial charge on any atom is 0.243 e. The zero-order valence-corrected chi connectivity index (χ0v) is 16.8. The van der Waals surface area contributed by atoms with Crippen LogP contribution in [0.1, 0.15) is 5.56 Å². The molecule has 0 saturated carbocycles. The van der Waals surface area contributed by atoms with Gasteiger partial charge in [0.15, 0.2) is 11.6 Å². The van der Waals surface area contributed by atoms with Crippen molar-refractivity contribution in [3.05, 3.63) is 59.3 Å². The quantitative estimate of drug-likeness (QED) is 0.647. The normalized spacial score (nSPS) is 15.7. The molecule has 0 spiro atoms. The molecular formula is C19H19ClN4O3S. The Hall–Kier alpha value is -2.42. The Kier molecular flexibility index (Phi) is 5.09. The molecule has 0 aliphatic carbocycles. The topological polar surface area (TPSA) is 79.5 Å². The summed E-state index contributed by atoms with van der Waals surface area (Å²) >= 11 is 6.10. The highest BCUT2D eigenvalue weighted by molar-refractivity contribution is 7.89. The summed E-state index contributed by atoms with van der Waals surface area (Å²) in [5.41, 5.74) is 1.23. The van der Waals surface area contributed by atoms with Crippen LogP contribution in [0.25, 0.3) is 11.5 Å². The van der Waals surface area contributed by atoms with Gasteiger partial charge in [0.25, 0.3) is 0 Å². The van der Waals surface area contributed by atoms with Crippen molar-refractivity contribution in [2.24, 2.45) is 0 Å². The van der Waals surface area contributed by atoms with E-state index in [1.807, 2.05) is 23.1 Å². The number of nitrogens with zero attached hydrogens (tertiary/aromatic N) is 4. The van der Waals surface area contributed by atoms with Crippen LogP contribution in [-0.4, -0.2) is 49.1 Å². The second-order valence-electron chi connectivity index (χ2n) is 6.51. The molecule has 1 aliphatic rings. The fraction of sp³-hybridized carbons (Fsp3) is 0.263. The molecule has 4 rings (SSSR count). The van der Waals surface area contributed by atoms with E-state index in [0.717, 1.165) is 0 Å². The lowest BCUT2D eigenvalue weighted by Gasteiger charge is -2.34. The Labute approximate surface area is 168 Å². The van der Waals surface area contributed by atoms with Crippen LogP contribution in [-0.2, 0) is 10.0 Å². The maximum atomic E-state index is 13.0. The summed E-state index contributed by atoms with van der Waals surface area (Å²) < 4.78 is 32.8. The van der Waals surface area contributed by atoms with E-state index in [1.54, 1.807) is 37.5 Å². The number of hydrogen-bond donors (Lipinski definition) is 0. The Morgan fingerprint density at radius 2 is 1.79 bits per heavy atom. The van der Waals surface area contributed by atoms with Crippen LogP contribution in [0.4, 0.5) is 5.82 Å². The van der Waals surface area contributed by atoms with Crippen LogP contribution in [0.15, 0.2) is 58.0 Å². The van der Waals surface area contributed by atoms with Gasteiger partial charge in [-0.05, 0) is 48.9 Å². The Balaban J connectivity index is 1.46. The summed E-state index contributed by atoms with van der Waals surface area (Å²) in [5, 5.41) is 8.91. The first-order chi connectivity index (χ1) is 13.5. The average molecular weight is 419 g/mol. The second kappa shape index (κ2) is 7.54. The fourth-order valence-corrected chi connectivity index (χ4v) is 5.11. The molecule has 146 valence electrons. The second-order valence-corrected chi connectivity index (χ2v) is 8.82. The van der Waals surface area contributed by atoms with Crippen LogP contribution in [0.5, 0.6) is 0 Å². The van der Waals surface area contributed by atoms with Crippen LogP contribution in [0.3, 0.4) is 0 Å². The molecule has 3 aromatic rings. The lowest BCUT2D eigenvalue weighted by molar-refractivity contribution is 0.383. The van der Waals surface area contributed by atoms with Crippen molar-refractivity contribution in [2.45, 2.75) is 11.8 Å². The van der Waals surface area contributed by atoms with Crippen molar-refractivity contribution in [1.82, 2.24) is 14.5 Å². The number of anilines is 1. The lowest BCUT2D eigenvalue weighted by atomic mass is 10.2. The summed E-state index contributed by atoms with van der Waals surface area (Å²) in [4.78, 5) is 2.28. The number of benzene rings is 1. The molecule has 3 heterocycles. The Bertz CT molecular complexity index is 1060. The zero-order chi connectivity index (χ0) is 19.7. The molecule has 28 heavy (non-hydrogen) atoms. The minimum absolute atomic E-state index is 0.260. The SMILES string of the molecule is Cc1c(Cl)cccc1S(=O)(=O)N1CCN(c2ccc(-c3ccco3)nn2)CC1. The van der Waals surface area contributed by atoms with Gasteiger partial charge in [-0.2, -0.15) is 4.31 Å². The lowest BCUT2D eigenvalue weighted by Crippen LogP contribution is -2.49. The third-order valence-electron chi connectivity index (χ3n) is 4.82. The van der Waals surface area contributed by atoms with Crippen molar-refractivity contribution >= 4 is 27.4 Å². The molecule has 0 unspecified atom stereocenters. The minimum atomic E-state index is -3.58. The summed E-state index contributed by atoms with van der Waals surface area (Å²) in [6.07, 6.45) is 1.59. The van der Waals surface area contributed by atoms with Crippen molar-refractivity contribution in [3.8, 4) is 11.5 Å². The van der Waals surface area contributed by atoms with Gasteiger partial charge >= 0.3 is 0 Å². The zero-order valence-electron chi connectivity index (χ0n) is 15.2. The highest BCUT2D eigenvalue weighted by atomic mass is 35.5. The number of hydrogen-bond acceptors (Lipinski definition) is 6. The first-order valence-electron chi connectivity index (χ1n) is 8.84. The average Bonchev–Trinajstić information content (AvgIpc) is 3.25. The maximum absolute atomic E-state index is 13.0. The largest absolute Gasteiger partial charge is 0.463 e. The van der Waals surface area contributed by atoms with Gasteiger partial charge in [-0.25, -0.2) is 8.42 Å². The summed E-state index contributed by atoms with van der Waals surface area (Å²) in [6.45, 7) is 3.54. The predicted molar refractivity (Wildman–Crippen MR) is 107 cm³/mol. The standard InChI is InChI=1S/C19H19ClN4O3S/c1-14-15(20)4-2-6-18(14)28(25,26)24-11-9-23(10-12-24)19-8-7-16(21-22-19)17-5-3-13-27-17/h2-8,13H,9-12H2,1H3. The van der Waals surface area contributed by atoms with Crippen LogP contribution in [0, 0.1) is 6.92 Å². The van der Waals surface area contributed by atoms with Gasteiger partial charge in [0, 0.05) is 31.2 Å². The number of halogens is 1. The molecule has 0 N–H and O–H groups in total. The van der Waals surface area contributed by atoms with Crippen LogP contribution >= 0.6 is 11.6 Å². The number of aromatic nitrogens is 2. The summed E-state index contributed by atoms with van der Waals surface area (Å²) in [6, 6.07) is 12.3. The van der Waals surface area contributed by atoms with Crippen molar-refractivity contribution in [1.29, 1.82) is 0 Å². The first kappa shape index (κ1) is 18.9. The van der Waals surface area contributed by atoms with E-state index in [9.17, 15) is 8.42 Å². The smallest absolute Gasteiger partial charge is 0.243 e. The summed E-state index contributed by atoms with van der Waals surface area (Å²) in [7, 11) is -3.58. The van der Waals surface area contributed by atoms with E-state index in [-0.39, 0.29) is 4.90 Å². The molecule has 7 nitrogen and oxygen atoms in total. The highest BCUT2D eigenvalue weighted by Gasteiger charge is 2.30. The Morgan fingerprint density at radius 3 is 2.43 bits per heavy atom. The first-order valence-corrected chi connectivity index (χ1v) is 10.7. The summed E-state index contributed by atoms with van der Waals surface area (Å²) in [5.74, 6) is 1.37. The molecule has 1 aromatic carbocycles. The van der Waals surface area contributed by atoms with E-state index in [2.05, 4.69) is 10.2 Å². The van der Waals surface area contributed by atoms with Gasteiger partial charge in [0.1, 0.15) is 5.69 Å². The predicted octanol–water partition coefficient (Wildman–Crippen LogP) is 3.21. The molecular weight excluding hydrogens is 400 g/mol. The Morgan fingerprint density at radius 1 is 1.00 bits per heavy atom. The molecule has 1 saturated heterocycles. The molecule has 9 heteroatoms. The van der Waals surface area contributed by atoms with Gasteiger partial charge in [0.05, 0.1) is 11.2 Å². The van der Waals surface area contributed by atoms with E-state index in [4.69, 9.17) is 16.0 Å². The molecule has 1 aliphatic heterocycles. The van der Waals surface area contributed by atoms with E-state index < -0.39 is 10.0 Å². The van der Waals surface area contributed by atoms with Gasteiger partial charge in [0.2, 0.25) is 10.0 Å². The minimum Gasteiger partial charge on any atom is -0.463 e. The molecule has 1 fully saturated rings. The van der Waals surface area contributed by atoms with E-state index >= 15 is 0 Å². The van der Waals surface area contributed by atoms with Crippen molar-refractivity contribution in [2.75, 3.05) is 31.1 Å².